The molecule has 3 heteroatoms. The predicted octanol–water partition coefficient (Wildman–Crippen LogP) is 2.80. The van der Waals surface area contributed by atoms with E-state index in [0.29, 0.717) is 18.7 Å². The number of benzene rings is 2. The van der Waals surface area contributed by atoms with Gasteiger partial charge in [0.25, 0.3) is 0 Å². The number of halogens is 1. The van der Waals surface area contributed by atoms with Gasteiger partial charge in [-0.3, -0.25) is 4.90 Å². The summed E-state index contributed by atoms with van der Waals surface area (Å²) in [6.45, 7) is 1.05. The molecule has 0 saturated heterocycles. The van der Waals surface area contributed by atoms with Crippen molar-refractivity contribution in [1.82, 2.24) is 4.90 Å². The summed E-state index contributed by atoms with van der Waals surface area (Å²) in [5.41, 5.74) is 2.64. The number of hydrogen-bond acceptors (Lipinski definition) is 2. The third kappa shape index (κ3) is 4.42. The SMILES string of the molecule is CN(Cc1ccccc1F)Cc1ccccc1C#CCO. The van der Waals surface area contributed by atoms with Gasteiger partial charge in [-0.25, -0.2) is 4.39 Å². The highest BCUT2D eigenvalue weighted by Gasteiger charge is 2.07. The Kier molecular flexibility index (Phi) is 5.51. The first-order valence-electron chi connectivity index (χ1n) is 6.80. The molecule has 0 aliphatic heterocycles. The Morgan fingerprint density at radius 3 is 2.33 bits per heavy atom. The van der Waals surface area contributed by atoms with Crippen LogP contribution >= 0.6 is 0 Å². The zero-order chi connectivity index (χ0) is 15.1. The molecule has 2 aromatic carbocycles. The van der Waals surface area contributed by atoms with Crippen molar-refractivity contribution >= 4 is 0 Å². The predicted molar refractivity (Wildman–Crippen MR) is 82.0 cm³/mol. The summed E-state index contributed by atoms with van der Waals surface area (Å²) in [7, 11) is 1.95. The standard InChI is InChI=1S/C18H18FNO/c1-20(14-17-9-4-5-11-18(17)19)13-16-8-3-2-7-15(16)10-6-12-21/h2-5,7-9,11,21H,12-14H2,1H3. The van der Waals surface area contributed by atoms with Crippen LogP contribution in [0.1, 0.15) is 16.7 Å². The zero-order valence-electron chi connectivity index (χ0n) is 12.0. The van der Waals surface area contributed by atoms with Gasteiger partial charge in [-0.2, -0.15) is 0 Å². The summed E-state index contributed by atoms with van der Waals surface area (Å²) in [4.78, 5) is 2.04. The van der Waals surface area contributed by atoms with Gasteiger partial charge in [0, 0.05) is 24.2 Å². The highest BCUT2D eigenvalue weighted by Crippen LogP contribution is 2.14. The van der Waals surface area contributed by atoms with Crippen molar-refractivity contribution in [2.45, 2.75) is 13.1 Å². The molecule has 0 bridgehead atoms. The molecule has 0 amide bonds. The first-order valence-corrected chi connectivity index (χ1v) is 6.80. The number of hydrogen-bond donors (Lipinski definition) is 1. The molecular formula is C18H18FNO. The molecule has 0 saturated carbocycles. The summed E-state index contributed by atoms with van der Waals surface area (Å²) < 4.78 is 13.7. The van der Waals surface area contributed by atoms with Gasteiger partial charge in [0.2, 0.25) is 0 Å². The number of nitrogens with zero attached hydrogens (tertiary/aromatic N) is 1. The van der Waals surface area contributed by atoms with Crippen LogP contribution in [-0.4, -0.2) is 23.7 Å². The largest absolute Gasteiger partial charge is 0.384 e. The van der Waals surface area contributed by atoms with Crippen molar-refractivity contribution in [3.63, 3.8) is 0 Å². The normalized spacial score (nSPS) is 10.3. The van der Waals surface area contributed by atoms with Crippen LogP contribution in [0.3, 0.4) is 0 Å². The molecule has 21 heavy (non-hydrogen) atoms. The molecule has 1 N–H and O–H groups in total. The number of aliphatic hydroxyl groups is 1. The first kappa shape index (κ1) is 15.2. The highest BCUT2D eigenvalue weighted by atomic mass is 19.1. The van der Waals surface area contributed by atoms with E-state index in [9.17, 15) is 4.39 Å². The van der Waals surface area contributed by atoms with E-state index >= 15 is 0 Å². The smallest absolute Gasteiger partial charge is 0.127 e. The monoisotopic (exact) mass is 283 g/mol. The van der Waals surface area contributed by atoms with Crippen molar-refractivity contribution < 1.29 is 9.50 Å². The Morgan fingerprint density at radius 1 is 1.00 bits per heavy atom. The van der Waals surface area contributed by atoms with E-state index in [2.05, 4.69) is 11.8 Å². The van der Waals surface area contributed by atoms with E-state index in [1.54, 1.807) is 12.1 Å². The Bertz CT molecular complexity index is 658. The average molecular weight is 283 g/mol. The molecule has 0 unspecified atom stereocenters. The van der Waals surface area contributed by atoms with E-state index in [0.717, 1.165) is 11.1 Å². The number of rotatable bonds is 4. The lowest BCUT2D eigenvalue weighted by molar-refractivity contribution is 0.313. The van der Waals surface area contributed by atoms with E-state index in [4.69, 9.17) is 5.11 Å². The molecule has 2 rings (SSSR count). The molecule has 0 aliphatic carbocycles. The van der Waals surface area contributed by atoms with Gasteiger partial charge in [-0.05, 0) is 24.7 Å². The lowest BCUT2D eigenvalue weighted by atomic mass is 10.1. The maximum Gasteiger partial charge on any atom is 0.127 e. The summed E-state index contributed by atoms with van der Waals surface area (Å²) in [5.74, 6) is 5.42. The van der Waals surface area contributed by atoms with Crippen LogP contribution in [0.2, 0.25) is 0 Å². The van der Waals surface area contributed by atoms with Gasteiger partial charge in [-0.1, -0.05) is 48.2 Å². The molecule has 2 nitrogen and oxygen atoms in total. The second-order valence-electron chi connectivity index (χ2n) is 4.88. The minimum Gasteiger partial charge on any atom is -0.384 e. The molecule has 0 radical (unpaired) electrons. The Labute approximate surface area is 124 Å². The minimum absolute atomic E-state index is 0.153. The Morgan fingerprint density at radius 2 is 1.62 bits per heavy atom. The van der Waals surface area contributed by atoms with Crippen molar-refractivity contribution in [3.8, 4) is 11.8 Å². The molecule has 0 fully saturated rings. The van der Waals surface area contributed by atoms with E-state index in [1.807, 2.05) is 42.3 Å². The van der Waals surface area contributed by atoms with Gasteiger partial charge < -0.3 is 5.11 Å². The molecule has 0 aliphatic rings. The fraction of sp³-hybridized carbons (Fsp3) is 0.222. The van der Waals surface area contributed by atoms with Crippen molar-refractivity contribution in [3.05, 3.63) is 71.0 Å². The van der Waals surface area contributed by atoms with E-state index < -0.39 is 0 Å². The van der Waals surface area contributed by atoms with E-state index in [1.165, 1.54) is 6.07 Å². The van der Waals surface area contributed by atoms with Crippen LogP contribution in [0, 0.1) is 17.7 Å². The second-order valence-corrected chi connectivity index (χ2v) is 4.88. The Hall–Kier alpha value is -2.15. The van der Waals surface area contributed by atoms with Gasteiger partial charge in [-0.15, -0.1) is 0 Å². The Balaban J connectivity index is 2.10. The maximum atomic E-state index is 13.7. The van der Waals surface area contributed by atoms with Gasteiger partial charge in [0.1, 0.15) is 12.4 Å². The average Bonchev–Trinajstić information content (AvgIpc) is 2.49. The topological polar surface area (TPSA) is 23.5 Å². The van der Waals surface area contributed by atoms with Crippen LogP contribution in [-0.2, 0) is 13.1 Å². The molecule has 0 spiro atoms. The van der Waals surface area contributed by atoms with E-state index in [-0.39, 0.29) is 12.4 Å². The van der Waals surface area contributed by atoms with Crippen LogP contribution in [0.4, 0.5) is 4.39 Å². The highest BCUT2D eigenvalue weighted by molar-refractivity contribution is 5.41. The quantitative estimate of drug-likeness (QED) is 0.872. The molecular weight excluding hydrogens is 265 g/mol. The van der Waals surface area contributed by atoms with Crippen LogP contribution in [0.25, 0.3) is 0 Å². The minimum atomic E-state index is -0.183. The zero-order valence-corrected chi connectivity index (χ0v) is 12.0. The van der Waals surface area contributed by atoms with Crippen molar-refractivity contribution in [2.75, 3.05) is 13.7 Å². The fourth-order valence-corrected chi connectivity index (χ4v) is 2.18. The molecule has 2 aromatic rings. The number of aliphatic hydroxyl groups excluding tert-OH is 1. The lowest BCUT2D eigenvalue weighted by Gasteiger charge is -2.18. The summed E-state index contributed by atoms with van der Waals surface area (Å²) in [6, 6.07) is 14.6. The van der Waals surface area contributed by atoms with Gasteiger partial charge >= 0.3 is 0 Å². The van der Waals surface area contributed by atoms with Crippen molar-refractivity contribution in [1.29, 1.82) is 0 Å². The fourth-order valence-electron chi connectivity index (χ4n) is 2.18. The van der Waals surface area contributed by atoms with Gasteiger partial charge in [0.05, 0.1) is 0 Å². The summed E-state index contributed by atoms with van der Waals surface area (Å²) in [6.07, 6.45) is 0. The lowest BCUT2D eigenvalue weighted by Crippen LogP contribution is -2.18. The van der Waals surface area contributed by atoms with Crippen molar-refractivity contribution in [2.24, 2.45) is 0 Å². The third-order valence-corrected chi connectivity index (χ3v) is 3.16. The second kappa shape index (κ2) is 7.58. The maximum absolute atomic E-state index is 13.7. The van der Waals surface area contributed by atoms with Crippen LogP contribution in [0.5, 0.6) is 0 Å². The molecule has 0 atom stereocenters. The van der Waals surface area contributed by atoms with Crippen LogP contribution < -0.4 is 0 Å². The summed E-state index contributed by atoms with van der Waals surface area (Å²) >= 11 is 0. The first-order chi connectivity index (χ1) is 10.2. The molecule has 108 valence electrons. The molecule has 0 aromatic heterocycles. The van der Waals surface area contributed by atoms with Crippen LogP contribution in [0.15, 0.2) is 48.5 Å². The summed E-state index contributed by atoms with van der Waals surface area (Å²) in [5, 5.41) is 8.80. The van der Waals surface area contributed by atoms with Gasteiger partial charge in [0.15, 0.2) is 0 Å². The molecule has 0 heterocycles. The third-order valence-electron chi connectivity index (χ3n) is 3.16.